The number of hydrogen-bond acceptors (Lipinski definition) is 6. The first-order valence-corrected chi connectivity index (χ1v) is 8.34. The number of aryl methyl sites for hydroxylation is 2. The van der Waals surface area contributed by atoms with Crippen molar-refractivity contribution in [2.45, 2.75) is 26.5 Å². The third kappa shape index (κ3) is 3.96. The van der Waals surface area contributed by atoms with E-state index in [2.05, 4.69) is 15.1 Å². The molecule has 2 aromatic rings. The first-order valence-electron chi connectivity index (χ1n) is 8.34. The topological polar surface area (TPSA) is 76.4 Å². The summed E-state index contributed by atoms with van der Waals surface area (Å²) in [6.07, 6.45) is 1.48. The smallest absolute Gasteiger partial charge is 0.244 e. The molecule has 1 unspecified atom stereocenters. The number of anilines is 1. The van der Waals surface area contributed by atoms with Crippen LogP contribution < -0.4 is 4.90 Å². The number of carbonyl (C=O) groups excluding carboxylic acids is 1. The second kappa shape index (κ2) is 7.18. The van der Waals surface area contributed by atoms with Gasteiger partial charge in [-0.1, -0.05) is 0 Å². The maximum absolute atomic E-state index is 12.6. The minimum atomic E-state index is -0.236. The van der Waals surface area contributed by atoms with Gasteiger partial charge in [0.1, 0.15) is 12.6 Å². The molecule has 1 aliphatic heterocycles. The van der Waals surface area contributed by atoms with Crippen LogP contribution in [-0.4, -0.2) is 64.3 Å². The van der Waals surface area contributed by atoms with Gasteiger partial charge in [0, 0.05) is 32.5 Å². The number of aromatic nitrogens is 4. The molecule has 8 nitrogen and oxygen atoms in total. The van der Waals surface area contributed by atoms with Crippen LogP contribution in [0.5, 0.6) is 0 Å². The molecule has 2 aromatic heterocycles. The highest BCUT2D eigenvalue weighted by Crippen LogP contribution is 2.22. The van der Waals surface area contributed by atoms with Crippen molar-refractivity contribution in [2.75, 3.05) is 38.7 Å². The Morgan fingerprint density at radius 2 is 2.20 bits per heavy atom. The molecule has 0 radical (unpaired) electrons. The standard InChI is InChI=1S/C17H24N6O2/c1-12-9-13(2)23(20-12)11-16(24)22-7-8-25-15(10-22)14-5-6-18-17(19-14)21(3)4/h5-6,9,15H,7-8,10-11H2,1-4H3. The molecule has 0 aromatic carbocycles. The summed E-state index contributed by atoms with van der Waals surface area (Å²) in [5, 5.41) is 4.37. The van der Waals surface area contributed by atoms with Crippen molar-refractivity contribution >= 4 is 11.9 Å². The van der Waals surface area contributed by atoms with E-state index >= 15 is 0 Å². The monoisotopic (exact) mass is 344 g/mol. The fourth-order valence-electron chi connectivity index (χ4n) is 2.87. The number of rotatable bonds is 4. The van der Waals surface area contributed by atoms with Gasteiger partial charge >= 0.3 is 0 Å². The molecule has 0 N–H and O–H groups in total. The molecule has 0 aliphatic carbocycles. The fraction of sp³-hybridized carbons (Fsp3) is 0.529. The zero-order valence-electron chi connectivity index (χ0n) is 15.1. The normalized spacial score (nSPS) is 17.6. The zero-order chi connectivity index (χ0) is 18.0. The van der Waals surface area contributed by atoms with Gasteiger partial charge in [-0.2, -0.15) is 5.10 Å². The summed E-state index contributed by atoms with van der Waals surface area (Å²) in [6, 6.07) is 3.81. The molecule has 3 rings (SSSR count). The van der Waals surface area contributed by atoms with E-state index in [4.69, 9.17) is 4.74 Å². The summed E-state index contributed by atoms with van der Waals surface area (Å²) >= 11 is 0. The van der Waals surface area contributed by atoms with E-state index in [1.54, 1.807) is 10.9 Å². The van der Waals surface area contributed by atoms with Gasteiger partial charge < -0.3 is 14.5 Å². The molecule has 1 aliphatic rings. The third-order valence-corrected chi connectivity index (χ3v) is 4.20. The maximum Gasteiger partial charge on any atom is 0.244 e. The zero-order valence-corrected chi connectivity index (χ0v) is 15.1. The summed E-state index contributed by atoms with van der Waals surface area (Å²) in [7, 11) is 3.79. The second-order valence-corrected chi connectivity index (χ2v) is 6.46. The molecule has 8 heteroatoms. The number of carbonyl (C=O) groups is 1. The van der Waals surface area contributed by atoms with Crippen LogP contribution in [0.1, 0.15) is 23.2 Å². The van der Waals surface area contributed by atoms with Gasteiger partial charge in [-0.05, 0) is 26.0 Å². The fourth-order valence-corrected chi connectivity index (χ4v) is 2.87. The van der Waals surface area contributed by atoms with E-state index < -0.39 is 0 Å². The third-order valence-electron chi connectivity index (χ3n) is 4.20. The van der Waals surface area contributed by atoms with Gasteiger partial charge in [0.15, 0.2) is 0 Å². The van der Waals surface area contributed by atoms with Crippen molar-refractivity contribution in [1.29, 1.82) is 0 Å². The first-order chi connectivity index (χ1) is 11.9. The second-order valence-electron chi connectivity index (χ2n) is 6.46. The van der Waals surface area contributed by atoms with E-state index in [1.165, 1.54) is 0 Å². The Balaban J connectivity index is 1.69. The van der Waals surface area contributed by atoms with E-state index in [1.807, 2.05) is 49.9 Å². The molecule has 25 heavy (non-hydrogen) atoms. The Morgan fingerprint density at radius 1 is 1.40 bits per heavy atom. The Labute approximate surface area is 147 Å². The van der Waals surface area contributed by atoms with Crippen molar-refractivity contribution < 1.29 is 9.53 Å². The molecule has 1 saturated heterocycles. The lowest BCUT2D eigenvalue weighted by Crippen LogP contribution is -2.44. The van der Waals surface area contributed by atoms with Gasteiger partial charge in [0.2, 0.25) is 11.9 Å². The average Bonchev–Trinajstić information content (AvgIpc) is 2.92. The van der Waals surface area contributed by atoms with E-state index in [9.17, 15) is 4.79 Å². The van der Waals surface area contributed by atoms with Crippen LogP contribution in [0.25, 0.3) is 0 Å². The van der Waals surface area contributed by atoms with Crippen molar-refractivity contribution in [2.24, 2.45) is 0 Å². The highest BCUT2D eigenvalue weighted by Gasteiger charge is 2.27. The van der Waals surface area contributed by atoms with E-state index in [0.29, 0.717) is 25.6 Å². The molecule has 134 valence electrons. The van der Waals surface area contributed by atoms with Crippen molar-refractivity contribution in [3.63, 3.8) is 0 Å². The minimum Gasteiger partial charge on any atom is -0.368 e. The lowest BCUT2D eigenvalue weighted by atomic mass is 10.2. The van der Waals surface area contributed by atoms with E-state index in [0.717, 1.165) is 17.1 Å². The summed E-state index contributed by atoms with van der Waals surface area (Å²) in [4.78, 5) is 25.1. The lowest BCUT2D eigenvalue weighted by Gasteiger charge is -2.33. The molecule has 1 atom stereocenters. The molecule has 1 fully saturated rings. The molecular weight excluding hydrogens is 320 g/mol. The Morgan fingerprint density at radius 3 is 2.88 bits per heavy atom. The number of nitrogens with zero attached hydrogens (tertiary/aromatic N) is 6. The number of ether oxygens (including phenoxy) is 1. The molecule has 0 bridgehead atoms. The van der Waals surface area contributed by atoms with Gasteiger partial charge in [-0.3, -0.25) is 9.48 Å². The molecular formula is C17H24N6O2. The van der Waals surface area contributed by atoms with Crippen LogP contribution in [0.15, 0.2) is 18.3 Å². The van der Waals surface area contributed by atoms with Crippen LogP contribution >= 0.6 is 0 Å². The van der Waals surface area contributed by atoms with Gasteiger partial charge in [0.05, 0.1) is 24.5 Å². The Hall–Kier alpha value is -2.48. The van der Waals surface area contributed by atoms with Gasteiger partial charge in [0.25, 0.3) is 0 Å². The number of amides is 1. The van der Waals surface area contributed by atoms with E-state index in [-0.39, 0.29) is 18.6 Å². The van der Waals surface area contributed by atoms with Crippen molar-refractivity contribution in [3.05, 3.63) is 35.4 Å². The quantitative estimate of drug-likeness (QED) is 0.822. The summed E-state index contributed by atoms with van der Waals surface area (Å²) in [6.45, 7) is 5.70. The Bertz CT molecular complexity index is 757. The summed E-state index contributed by atoms with van der Waals surface area (Å²) < 4.78 is 7.58. The van der Waals surface area contributed by atoms with Gasteiger partial charge in [-0.25, -0.2) is 9.97 Å². The van der Waals surface area contributed by atoms with Crippen molar-refractivity contribution in [1.82, 2.24) is 24.6 Å². The van der Waals surface area contributed by atoms with Gasteiger partial charge in [-0.15, -0.1) is 0 Å². The highest BCUT2D eigenvalue weighted by molar-refractivity contribution is 5.76. The highest BCUT2D eigenvalue weighted by atomic mass is 16.5. The van der Waals surface area contributed by atoms with Crippen LogP contribution in [0, 0.1) is 13.8 Å². The minimum absolute atomic E-state index is 0.0430. The van der Waals surface area contributed by atoms with Crippen LogP contribution in [0.4, 0.5) is 5.95 Å². The summed E-state index contributed by atoms with van der Waals surface area (Å²) in [5.74, 6) is 0.675. The van der Waals surface area contributed by atoms with Crippen LogP contribution in [0.3, 0.4) is 0 Å². The van der Waals surface area contributed by atoms with Crippen LogP contribution in [-0.2, 0) is 16.1 Å². The number of morpholine rings is 1. The largest absolute Gasteiger partial charge is 0.368 e. The SMILES string of the molecule is Cc1cc(C)n(CC(=O)N2CCOC(c3ccnc(N(C)C)n3)C2)n1. The molecule has 3 heterocycles. The molecule has 1 amide bonds. The predicted molar refractivity (Wildman–Crippen MR) is 93.3 cm³/mol. The number of hydrogen-bond donors (Lipinski definition) is 0. The van der Waals surface area contributed by atoms with Crippen molar-refractivity contribution in [3.8, 4) is 0 Å². The summed E-state index contributed by atoms with van der Waals surface area (Å²) in [5.41, 5.74) is 2.70. The first kappa shape index (κ1) is 17.3. The molecule has 0 saturated carbocycles. The maximum atomic E-state index is 12.6. The Kier molecular flexibility index (Phi) is 4.98. The van der Waals surface area contributed by atoms with Crippen LogP contribution in [0.2, 0.25) is 0 Å². The lowest BCUT2D eigenvalue weighted by molar-refractivity contribution is -0.140. The average molecular weight is 344 g/mol. The predicted octanol–water partition coefficient (Wildman–Crippen LogP) is 0.956. The molecule has 0 spiro atoms.